The highest BCUT2D eigenvalue weighted by Crippen LogP contribution is 2.33. The molecular formula is C14H11FN3O4-. The highest BCUT2D eigenvalue weighted by Gasteiger charge is 2.12. The zero-order valence-corrected chi connectivity index (χ0v) is 11.4. The lowest BCUT2D eigenvalue weighted by Crippen LogP contribution is -2.02. The van der Waals surface area contributed by atoms with Crippen LogP contribution in [-0.4, -0.2) is 18.2 Å². The summed E-state index contributed by atoms with van der Waals surface area (Å²) in [5.74, 6) is -1.31. The Bertz CT molecular complexity index is 717. The van der Waals surface area contributed by atoms with Crippen molar-refractivity contribution in [2.24, 2.45) is 5.10 Å². The van der Waals surface area contributed by atoms with Crippen LogP contribution < -0.4 is 15.3 Å². The quantitative estimate of drug-likeness (QED) is 0.519. The Morgan fingerprint density at radius 3 is 2.59 bits per heavy atom. The summed E-state index contributed by atoms with van der Waals surface area (Å²) in [7, 11) is 1.25. The normalized spacial score (nSPS) is 10.6. The molecule has 0 aromatic heterocycles. The highest BCUT2D eigenvalue weighted by molar-refractivity contribution is 5.83. The molecule has 8 heteroatoms. The number of rotatable bonds is 5. The Balaban J connectivity index is 2.21. The molecule has 2 rings (SSSR count). The first-order valence-corrected chi connectivity index (χ1v) is 6.09. The number of hydrogen-bond donors (Lipinski definition) is 1. The number of anilines is 1. The fourth-order valence-electron chi connectivity index (χ4n) is 1.68. The van der Waals surface area contributed by atoms with Gasteiger partial charge in [-0.2, -0.15) is 5.10 Å². The van der Waals surface area contributed by atoms with E-state index in [0.29, 0.717) is 11.3 Å². The maximum absolute atomic E-state index is 12.7. The summed E-state index contributed by atoms with van der Waals surface area (Å²) >= 11 is 0. The first kappa shape index (κ1) is 15.2. The third-order valence-corrected chi connectivity index (χ3v) is 2.73. The van der Waals surface area contributed by atoms with Gasteiger partial charge in [0.25, 0.3) is 5.69 Å². The zero-order chi connectivity index (χ0) is 16.1. The van der Waals surface area contributed by atoms with Crippen molar-refractivity contribution in [1.82, 2.24) is 0 Å². The maximum atomic E-state index is 12.7. The second kappa shape index (κ2) is 6.53. The van der Waals surface area contributed by atoms with E-state index in [-0.39, 0.29) is 11.6 Å². The van der Waals surface area contributed by atoms with Crippen molar-refractivity contribution in [2.45, 2.75) is 0 Å². The SMILES string of the molecule is COc1cc(/C=N\Nc2ccc(F)cc2)cc([N+](=O)[O-])c1[O-]. The average molecular weight is 304 g/mol. The van der Waals surface area contributed by atoms with Crippen molar-refractivity contribution in [3.8, 4) is 11.5 Å². The molecule has 0 saturated carbocycles. The lowest BCUT2D eigenvalue weighted by Gasteiger charge is -2.12. The number of nitro groups is 1. The van der Waals surface area contributed by atoms with E-state index in [0.717, 1.165) is 6.07 Å². The topological polar surface area (TPSA) is 99.8 Å². The molecule has 0 aliphatic rings. The van der Waals surface area contributed by atoms with E-state index >= 15 is 0 Å². The average Bonchev–Trinajstić information content (AvgIpc) is 2.50. The standard InChI is InChI=1S/C14H12FN3O4/c1-22-13-7-9(6-12(14(13)19)18(20)21)8-16-17-11-4-2-10(15)3-5-11/h2-8,17,19H,1H3/p-1/b16-8-. The highest BCUT2D eigenvalue weighted by atomic mass is 19.1. The number of ether oxygens (including phenoxy) is 1. The molecule has 0 fully saturated rings. The Morgan fingerprint density at radius 1 is 1.32 bits per heavy atom. The van der Waals surface area contributed by atoms with E-state index in [1.807, 2.05) is 0 Å². The molecule has 2 aromatic rings. The van der Waals surface area contributed by atoms with Gasteiger partial charge in [0, 0.05) is 17.4 Å². The molecule has 0 aliphatic heterocycles. The van der Waals surface area contributed by atoms with Crippen LogP contribution in [0.1, 0.15) is 5.56 Å². The molecule has 1 N–H and O–H groups in total. The number of hydrogen-bond acceptors (Lipinski definition) is 6. The molecule has 0 atom stereocenters. The minimum absolute atomic E-state index is 0.141. The Labute approximate surface area is 124 Å². The summed E-state index contributed by atoms with van der Waals surface area (Å²) in [4.78, 5) is 10.0. The number of benzene rings is 2. The molecule has 0 bridgehead atoms. The molecule has 0 heterocycles. The van der Waals surface area contributed by atoms with Crippen LogP contribution in [0.3, 0.4) is 0 Å². The molecule has 0 unspecified atom stereocenters. The van der Waals surface area contributed by atoms with Gasteiger partial charge < -0.3 is 9.84 Å². The van der Waals surface area contributed by atoms with Crippen molar-refractivity contribution >= 4 is 17.6 Å². The lowest BCUT2D eigenvalue weighted by atomic mass is 10.2. The van der Waals surface area contributed by atoms with E-state index in [4.69, 9.17) is 4.74 Å². The van der Waals surface area contributed by atoms with E-state index in [9.17, 15) is 19.6 Å². The van der Waals surface area contributed by atoms with Gasteiger partial charge in [-0.3, -0.25) is 15.5 Å². The van der Waals surface area contributed by atoms with Crippen LogP contribution in [0.4, 0.5) is 15.8 Å². The van der Waals surface area contributed by atoms with Crippen LogP contribution in [-0.2, 0) is 0 Å². The molecule has 2 aromatic carbocycles. The maximum Gasteiger partial charge on any atom is 0.266 e. The van der Waals surface area contributed by atoms with Crippen molar-refractivity contribution in [2.75, 3.05) is 12.5 Å². The van der Waals surface area contributed by atoms with Crippen molar-refractivity contribution < 1.29 is 19.2 Å². The van der Waals surface area contributed by atoms with Crippen LogP contribution in [0.25, 0.3) is 0 Å². The lowest BCUT2D eigenvalue weighted by molar-refractivity contribution is -0.398. The third kappa shape index (κ3) is 3.48. The third-order valence-electron chi connectivity index (χ3n) is 2.73. The molecule has 0 aliphatic carbocycles. The summed E-state index contributed by atoms with van der Waals surface area (Å²) < 4.78 is 17.6. The van der Waals surface area contributed by atoms with Gasteiger partial charge in [-0.1, -0.05) is 0 Å². The zero-order valence-electron chi connectivity index (χ0n) is 11.4. The summed E-state index contributed by atoms with van der Waals surface area (Å²) in [5, 5.41) is 26.4. The molecule has 0 radical (unpaired) electrons. The smallest absolute Gasteiger partial charge is 0.266 e. The van der Waals surface area contributed by atoms with Crippen LogP contribution in [0.15, 0.2) is 41.5 Å². The van der Waals surface area contributed by atoms with Crippen molar-refractivity contribution in [3.63, 3.8) is 0 Å². The fraction of sp³-hybridized carbons (Fsp3) is 0.0714. The minimum Gasteiger partial charge on any atom is -0.865 e. The van der Waals surface area contributed by atoms with Gasteiger partial charge in [-0.25, -0.2) is 4.39 Å². The first-order chi connectivity index (χ1) is 10.5. The fourth-order valence-corrected chi connectivity index (χ4v) is 1.68. The number of halogens is 1. The van der Waals surface area contributed by atoms with E-state index in [1.165, 1.54) is 43.7 Å². The number of hydrazone groups is 1. The second-order valence-electron chi connectivity index (χ2n) is 4.21. The molecule has 7 nitrogen and oxygen atoms in total. The second-order valence-corrected chi connectivity index (χ2v) is 4.21. The Morgan fingerprint density at radius 2 is 2.00 bits per heavy atom. The summed E-state index contributed by atoms with van der Waals surface area (Å²) in [6.07, 6.45) is 1.29. The van der Waals surface area contributed by atoms with Crippen molar-refractivity contribution in [1.29, 1.82) is 0 Å². The van der Waals surface area contributed by atoms with Gasteiger partial charge in [-0.15, -0.1) is 0 Å². The Kier molecular flexibility index (Phi) is 4.52. The molecule has 0 spiro atoms. The summed E-state index contributed by atoms with van der Waals surface area (Å²) in [5.41, 5.74) is 2.90. The van der Waals surface area contributed by atoms with Gasteiger partial charge in [-0.05, 0) is 30.3 Å². The minimum atomic E-state index is -0.795. The summed E-state index contributed by atoms with van der Waals surface area (Å²) in [6.45, 7) is 0. The molecule has 0 saturated heterocycles. The molecule has 0 amide bonds. The first-order valence-electron chi connectivity index (χ1n) is 6.09. The van der Waals surface area contributed by atoms with E-state index < -0.39 is 16.4 Å². The summed E-state index contributed by atoms with van der Waals surface area (Å²) in [6, 6.07) is 7.93. The predicted octanol–water partition coefficient (Wildman–Crippen LogP) is 2.26. The van der Waals surface area contributed by atoms with Crippen LogP contribution >= 0.6 is 0 Å². The molecular weight excluding hydrogens is 293 g/mol. The van der Waals surface area contributed by atoms with Crippen molar-refractivity contribution in [3.05, 3.63) is 57.9 Å². The van der Waals surface area contributed by atoms with E-state index in [2.05, 4.69) is 10.5 Å². The van der Waals surface area contributed by atoms with E-state index in [1.54, 1.807) is 0 Å². The van der Waals surface area contributed by atoms with Crippen LogP contribution in [0.2, 0.25) is 0 Å². The number of nitro benzene ring substituents is 1. The molecule has 114 valence electrons. The monoisotopic (exact) mass is 304 g/mol. The van der Waals surface area contributed by atoms with Crippen LogP contribution in [0, 0.1) is 15.9 Å². The number of nitrogens with one attached hydrogen (secondary N) is 1. The van der Waals surface area contributed by atoms with Gasteiger partial charge in [0.1, 0.15) is 11.6 Å². The van der Waals surface area contributed by atoms with Gasteiger partial charge in [0.2, 0.25) is 0 Å². The van der Waals surface area contributed by atoms with Gasteiger partial charge in [0.05, 0.1) is 23.9 Å². The van der Waals surface area contributed by atoms with Crippen LogP contribution in [0.5, 0.6) is 11.5 Å². The largest absolute Gasteiger partial charge is 0.865 e. The van der Waals surface area contributed by atoms with Gasteiger partial charge in [0.15, 0.2) is 0 Å². The predicted molar refractivity (Wildman–Crippen MR) is 76.7 cm³/mol. The van der Waals surface area contributed by atoms with Gasteiger partial charge >= 0.3 is 0 Å². The Hall–Kier alpha value is -3.16. The number of methoxy groups -OCH3 is 1. The molecule has 22 heavy (non-hydrogen) atoms. The number of nitrogens with zero attached hydrogens (tertiary/aromatic N) is 2.